The van der Waals surface area contributed by atoms with Crippen LogP contribution in [0.25, 0.3) is 0 Å². The molecule has 0 spiro atoms. The van der Waals surface area contributed by atoms with Crippen LogP contribution in [0.5, 0.6) is 0 Å². The number of para-hydroxylation sites is 1. The molecule has 1 aromatic heterocycles. The average Bonchev–Trinajstić information content (AvgIpc) is 3.59. The van der Waals surface area contributed by atoms with E-state index in [9.17, 15) is 27.6 Å². The molecule has 42 heavy (non-hydrogen) atoms. The molecule has 0 bridgehead atoms. The Labute approximate surface area is 241 Å². The number of piperidine rings is 1. The van der Waals surface area contributed by atoms with E-state index >= 15 is 0 Å². The molecule has 222 valence electrons. The molecule has 0 radical (unpaired) electrons. The first-order valence-electron chi connectivity index (χ1n) is 14.0. The van der Waals surface area contributed by atoms with Gasteiger partial charge in [-0.05, 0) is 54.5 Å². The van der Waals surface area contributed by atoms with Crippen LogP contribution in [0.4, 0.5) is 35.4 Å². The number of benzene rings is 2. The van der Waals surface area contributed by atoms with Crippen LogP contribution in [-0.4, -0.2) is 48.9 Å². The number of hydrogen-bond acceptors (Lipinski definition) is 6. The number of fused-ring (bicyclic) bond motifs is 1. The van der Waals surface area contributed by atoms with Gasteiger partial charge in [0.2, 0.25) is 17.5 Å². The summed E-state index contributed by atoms with van der Waals surface area (Å²) in [6.45, 7) is 3.62. The van der Waals surface area contributed by atoms with Crippen LogP contribution < -0.4 is 20.4 Å². The number of hydrogen-bond donors (Lipinski definition) is 2. The third kappa shape index (κ3) is 6.75. The maximum Gasteiger partial charge on any atom is 0.437 e. The Hall–Kier alpha value is -4.35. The standard InChI is InChI=1S/C30H32F3N5O4/c1-19-6-5-14-37(18-19)29-36-27(30(31,32)33)26(42-29)24(39)17-20-9-10-23-21(16-20)12-15-38(23)25(40)11-13-34-28(41)35-22-7-3-2-4-8-22/h2-4,7-10,16,19H,5-6,11-15,17-18H2,1H3,(H2,34,35,41). The molecule has 1 fully saturated rings. The number of alkyl halides is 3. The van der Waals surface area contributed by atoms with Gasteiger partial charge in [-0.2, -0.15) is 18.2 Å². The van der Waals surface area contributed by atoms with Crippen molar-refractivity contribution in [3.05, 3.63) is 71.1 Å². The zero-order chi connectivity index (χ0) is 29.9. The molecule has 1 atom stereocenters. The second kappa shape index (κ2) is 12.3. The lowest BCUT2D eigenvalue weighted by Crippen LogP contribution is -2.35. The van der Waals surface area contributed by atoms with E-state index < -0.39 is 29.4 Å². The summed E-state index contributed by atoms with van der Waals surface area (Å²) in [4.78, 5) is 44.9. The molecule has 9 nitrogen and oxygen atoms in total. The molecule has 3 heterocycles. The second-order valence-electron chi connectivity index (χ2n) is 10.7. The maximum atomic E-state index is 13.8. The van der Waals surface area contributed by atoms with Crippen LogP contribution >= 0.6 is 0 Å². The van der Waals surface area contributed by atoms with E-state index in [1.807, 2.05) is 13.0 Å². The largest absolute Gasteiger partial charge is 0.437 e. The van der Waals surface area contributed by atoms with Gasteiger partial charge in [0.15, 0.2) is 5.69 Å². The number of nitrogens with zero attached hydrogens (tertiary/aromatic N) is 3. The van der Waals surface area contributed by atoms with Gasteiger partial charge in [0.25, 0.3) is 6.01 Å². The number of ketones is 1. The molecule has 2 aromatic carbocycles. The molecule has 3 aromatic rings. The summed E-state index contributed by atoms with van der Waals surface area (Å²) in [5, 5.41) is 5.35. The number of carbonyl (C=O) groups excluding carboxylic acids is 3. The molecular weight excluding hydrogens is 551 g/mol. The molecule has 0 saturated carbocycles. The van der Waals surface area contributed by atoms with Crippen molar-refractivity contribution in [1.29, 1.82) is 0 Å². The van der Waals surface area contributed by atoms with Crippen molar-refractivity contribution in [2.45, 2.75) is 45.2 Å². The van der Waals surface area contributed by atoms with Crippen molar-refractivity contribution in [3.63, 3.8) is 0 Å². The number of urea groups is 1. The summed E-state index contributed by atoms with van der Waals surface area (Å²) in [6, 6.07) is 13.4. The van der Waals surface area contributed by atoms with Gasteiger partial charge in [-0.15, -0.1) is 0 Å². The van der Waals surface area contributed by atoms with Crippen molar-refractivity contribution >= 4 is 35.1 Å². The van der Waals surface area contributed by atoms with Gasteiger partial charge in [-0.1, -0.05) is 37.3 Å². The van der Waals surface area contributed by atoms with Crippen LogP contribution in [-0.2, 0) is 23.8 Å². The number of anilines is 3. The minimum Gasteiger partial charge on any atom is -0.420 e. The number of aromatic nitrogens is 1. The van der Waals surface area contributed by atoms with Crippen molar-refractivity contribution in [3.8, 4) is 0 Å². The molecule has 2 aliphatic rings. The Kier molecular flexibility index (Phi) is 8.51. The molecule has 3 amide bonds. The van der Waals surface area contributed by atoms with E-state index in [1.165, 1.54) is 0 Å². The molecular formula is C30H32F3N5O4. The molecule has 12 heteroatoms. The maximum absolute atomic E-state index is 13.8. The minimum atomic E-state index is -4.83. The number of Topliss-reactive ketones (excluding diaryl/α,β-unsaturated/α-hetero) is 1. The van der Waals surface area contributed by atoms with Crippen molar-refractivity contribution in [2.75, 3.05) is 41.3 Å². The normalized spacial score (nSPS) is 16.7. The molecule has 2 N–H and O–H groups in total. The van der Waals surface area contributed by atoms with Crippen molar-refractivity contribution in [1.82, 2.24) is 10.3 Å². The SMILES string of the molecule is CC1CCCN(c2nc(C(F)(F)F)c(C(=O)Cc3ccc4c(c3)CCN4C(=O)CCNC(=O)Nc3ccccc3)o2)C1. The summed E-state index contributed by atoms with van der Waals surface area (Å²) >= 11 is 0. The fourth-order valence-corrected chi connectivity index (χ4v) is 5.39. The topological polar surface area (TPSA) is 108 Å². The second-order valence-corrected chi connectivity index (χ2v) is 10.7. The summed E-state index contributed by atoms with van der Waals surface area (Å²) in [5.41, 5.74) is 1.36. The van der Waals surface area contributed by atoms with Crippen LogP contribution in [0.1, 0.15) is 53.6 Å². The lowest BCUT2D eigenvalue weighted by Gasteiger charge is -2.29. The lowest BCUT2D eigenvalue weighted by atomic mass is 10.0. The highest BCUT2D eigenvalue weighted by Crippen LogP contribution is 2.36. The number of nitrogens with one attached hydrogen (secondary N) is 2. The fourth-order valence-electron chi connectivity index (χ4n) is 5.39. The Morgan fingerprint density at radius 3 is 2.62 bits per heavy atom. The van der Waals surface area contributed by atoms with Crippen LogP contribution in [0.2, 0.25) is 0 Å². The van der Waals surface area contributed by atoms with Gasteiger partial charge in [-0.3, -0.25) is 9.59 Å². The van der Waals surface area contributed by atoms with Gasteiger partial charge in [0.05, 0.1) is 0 Å². The quantitative estimate of drug-likeness (QED) is 0.341. The van der Waals surface area contributed by atoms with E-state index in [-0.39, 0.29) is 37.2 Å². The highest BCUT2D eigenvalue weighted by molar-refractivity contribution is 5.98. The third-order valence-electron chi connectivity index (χ3n) is 7.43. The lowest BCUT2D eigenvalue weighted by molar-refractivity contribution is -0.141. The van der Waals surface area contributed by atoms with E-state index in [0.717, 1.165) is 18.4 Å². The van der Waals surface area contributed by atoms with Gasteiger partial charge in [0, 0.05) is 50.4 Å². The van der Waals surface area contributed by atoms with Crippen molar-refractivity contribution < 1.29 is 32.0 Å². The highest BCUT2D eigenvalue weighted by atomic mass is 19.4. The smallest absolute Gasteiger partial charge is 0.420 e. The number of halogens is 3. The Bertz CT molecular complexity index is 1460. The predicted octanol–water partition coefficient (Wildman–Crippen LogP) is 5.46. The van der Waals surface area contributed by atoms with Gasteiger partial charge >= 0.3 is 12.2 Å². The first-order chi connectivity index (χ1) is 20.1. The number of rotatable bonds is 8. The average molecular weight is 584 g/mol. The first-order valence-corrected chi connectivity index (χ1v) is 14.0. The predicted molar refractivity (Wildman–Crippen MR) is 151 cm³/mol. The Morgan fingerprint density at radius 2 is 1.88 bits per heavy atom. The fraction of sp³-hybridized carbons (Fsp3) is 0.400. The van der Waals surface area contributed by atoms with Crippen LogP contribution in [0, 0.1) is 5.92 Å². The van der Waals surface area contributed by atoms with E-state index in [0.29, 0.717) is 43.0 Å². The molecule has 5 rings (SSSR count). The molecule has 1 unspecified atom stereocenters. The third-order valence-corrected chi connectivity index (χ3v) is 7.43. The molecule has 2 aliphatic heterocycles. The summed E-state index contributed by atoms with van der Waals surface area (Å²) < 4.78 is 46.8. The first kappa shape index (κ1) is 29.2. The summed E-state index contributed by atoms with van der Waals surface area (Å²) in [7, 11) is 0. The van der Waals surface area contributed by atoms with Gasteiger partial charge < -0.3 is 24.9 Å². The number of carbonyl (C=O) groups is 3. The number of oxazole rings is 1. The molecule has 0 aliphatic carbocycles. The monoisotopic (exact) mass is 583 g/mol. The Balaban J connectivity index is 1.20. The van der Waals surface area contributed by atoms with Gasteiger partial charge in [0.1, 0.15) is 0 Å². The van der Waals surface area contributed by atoms with Crippen molar-refractivity contribution in [2.24, 2.45) is 5.92 Å². The Morgan fingerprint density at radius 1 is 1.10 bits per heavy atom. The minimum absolute atomic E-state index is 0.0890. The summed E-state index contributed by atoms with van der Waals surface area (Å²) in [6.07, 6.45) is -2.72. The van der Waals surface area contributed by atoms with E-state index in [4.69, 9.17) is 4.42 Å². The van der Waals surface area contributed by atoms with E-state index in [2.05, 4.69) is 15.6 Å². The van der Waals surface area contributed by atoms with E-state index in [1.54, 1.807) is 52.3 Å². The zero-order valence-corrected chi connectivity index (χ0v) is 23.2. The van der Waals surface area contributed by atoms with Crippen LogP contribution in [0.3, 0.4) is 0 Å². The molecule has 1 saturated heterocycles. The summed E-state index contributed by atoms with van der Waals surface area (Å²) in [5.74, 6) is -1.48. The zero-order valence-electron chi connectivity index (χ0n) is 23.2. The van der Waals surface area contributed by atoms with Gasteiger partial charge in [-0.25, -0.2) is 4.79 Å². The number of amides is 3. The highest BCUT2D eigenvalue weighted by Gasteiger charge is 2.42. The van der Waals surface area contributed by atoms with Crippen LogP contribution in [0.15, 0.2) is 52.9 Å².